The van der Waals surface area contributed by atoms with Gasteiger partial charge in [0.05, 0.1) is 23.1 Å². The molecule has 4 N–H and O–H groups in total. The standard InChI is InChI=1S/C13H13F3N4O/c14-13(15,16)9-4-2-1-3-8(9)11-10(18-6-5-17)7-19-12(21)20-11/h1-4,7,18H,5-6,17H2,(H,19,20,21). The van der Waals surface area contributed by atoms with Gasteiger partial charge in [-0.25, -0.2) is 4.79 Å². The van der Waals surface area contributed by atoms with Gasteiger partial charge in [0.1, 0.15) is 0 Å². The van der Waals surface area contributed by atoms with Crippen molar-refractivity contribution in [2.24, 2.45) is 5.73 Å². The van der Waals surface area contributed by atoms with Crippen molar-refractivity contribution >= 4 is 5.69 Å². The first kappa shape index (κ1) is 15.0. The first-order chi connectivity index (χ1) is 9.93. The minimum atomic E-state index is -4.53. The molecule has 5 nitrogen and oxygen atoms in total. The average Bonchev–Trinajstić information content (AvgIpc) is 2.45. The number of halogens is 3. The molecule has 8 heteroatoms. The largest absolute Gasteiger partial charge is 0.417 e. The number of rotatable bonds is 4. The van der Waals surface area contributed by atoms with E-state index in [1.165, 1.54) is 24.4 Å². The number of hydrogen-bond donors (Lipinski definition) is 3. The van der Waals surface area contributed by atoms with E-state index < -0.39 is 17.4 Å². The lowest BCUT2D eigenvalue weighted by Gasteiger charge is -2.15. The zero-order chi connectivity index (χ0) is 15.5. The van der Waals surface area contributed by atoms with Gasteiger partial charge in [0.15, 0.2) is 0 Å². The monoisotopic (exact) mass is 298 g/mol. The summed E-state index contributed by atoms with van der Waals surface area (Å²) in [5.41, 5.74) is 4.01. The molecule has 1 aromatic carbocycles. The topological polar surface area (TPSA) is 83.8 Å². The number of nitrogens with two attached hydrogens (primary N) is 1. The van der Waals surface area contributed by atoms with Crippen LogP contribution in [0.2, 0.25) is 0 Å². The maximum Gasteiger partial charge on any atom is 0.417 e. The van der Waals surface area contributed by atoms with Crippen LogP contribution in [0.5, 0.6) is 0 Å². The Balaban J connectivity index is 2.61. The van der Waals surface area contributed by atoms with Gasteiger partial charge in [0, 0.05) is 18.7 Å². The zero-order valence-electron chi connectivity index (χ0n) is 10.9. The molecule has 2 aromatic rings. The highest BCUT2D eigenvalue weighted by Crippen LogP contribution is 2.37. The van der Waals surface area contributed by atoms with Crippen LogP contribution in [0.15, 0.2) is 35.3 Å². The van der Waals surface area contributed by atoms with Gasteiger partial charge in [-0.2, -0.15) is 18.2 Å². The molecule has 0 saturated carbocycles. The minimum Gasteiger partial charge on any atom is -0.381 e. The molecule has 21 heavy (non-hydrogen) atoms. The number of hydrogen-bond acceptors (Lipinski definition) is 4. The van der Waals surface area contributed by atoms with Crippen LogP contribution in [0.4, 0.5) is 18.9 Å². The van der Waals surface area contributed by atoms with Crippen LogP contribution in [0.25, 0.3) is 11.3 Å². The molecule has 0 radical (unpaired) electrons. The van der Waals surface area contributed by atoms with Gasteiger partial charge in [-0.1, -0.05) is 18.2 Å². The van der Waals surface area contributed by atoms with E-state index in [2.05, 4.69) is 15.3 Å². The summed E-state index contributed by atoms with van der Waals surface area (Å²) in [5, 5.41) is 2.84. The van der Waals surface area contributed by atoms with Crippen LogP contribution in [0.3, 0.4) is 0 Å². The van der Waals surface area contributed by atoms with Crippen molar-refractivity contribution in [1.29, 1.82) is 0 Å². The Labute approximate surface area is 118 Å². The molecule has 0 aliphatic rings. The molecule has 0 aliphatic carbocycles. The molecule has 112 valence electrons. The van der Waals surface area contributed by atoms with Crippen LogP contribution in [-0.2, 0) is 6.18 Å². The Morgan fingerprint density at radius 2 is 2.00 bits per heavy atom. The number of aromatic nitrogens is 2. The SMILES string of the molecule is NCCNc1cnc(=O)[nH]c1-c1ccccc1C(F)(F)F. The van der Waals surface area contributed by atoms with E-state index in [1.54, 1.807) is 0 Å². The van der Waals surface area contributed by atoms with Crippen LogP contribution >= 0.6 is 0 Å². The molecule has 0 fully saturated rings. The maximum atomic E-state index is 13.1. The summed E-state index contributed by atoms with van der Waals surface area (Å²) in [6.07, 6.45) is -3.33. The van der Waals surface area contributed by atoms with Gasteiger partial charge in [0.2, 0.25) is 0 Å². The Bertz CT molecular complexity index is 682. The molecule has 2 rings (SSSR count). The third kappa shape index (κ3) is 3.40. The van der Waals surface area contributed by atoms with Gasteiger partial charge in [-0.15, -0.1) is 0 Å². The fourth-order valence-electron chi connectivity index (χ4n) is 1.90. The number of benzene rings is 1. The van der Waals surface area contributed by atoms with Gasteiger partial charge in [-0.3, -0.25) is 0 Å². The summed E-state index contributed by atoms with van der Waals surface area (Å²) in [6, 6.07) is 5.01. The van der Waals surface area contributed by atoms with E-state index in [-0.39, 0.29) is 16.9 Å². The summed E-state index contributed by atoms with van der Waals surface area (Å²) in [7, 11) is 0. The first-order valence-electron chi connectivity index (χ1n) is 6.13. The highest BCUT2D eigenvalue weighted by atomic mass is 19.4. The van der Waals surface area contributed by atoms with Crippen molar-refractivity contribution in [2.45, 2.75) is 6.18 Å². The third-order valence-electron chi connectivity index (χ3n) is 2.77. The number of aromatic amines is 1. The number of nitrogens with zero attached hydrogens (tertiary/aromatic N) is 1. The van der Waals surface area contributed by atoms with E-state index in [9.17, 15) is 18.0 Å². The number of H-pyrrole nitrogens is 1. The summed E-state index contributed by atoms with van der Waals surface area (Å²) in [6.45, 7) is 0.633. The quantitative estimate of drug-likeness (QED) is 0.804. The summed E-state index contributed by atoms with van der Waals surface area (Å²) >= 11 is 0. The lowest BCUT2D eigenvalue weighted by atomic mass is 10.0. The van der Waals surface area contributed by atoms with Crippen LogP contribution in [0.1, 0.15) is 5.56 Å². The second-order valence-electron chi connectivity index (χ2n) is 4.24. The fraction of sp³-hybridized carbons (Fsp3) is 0.231. The van der Waals surface area contributed by atoms with Crippen molar-refractivity contribution < 1.29 is 13.2 Å². The molecule has 1 aromatic heterocycles. The molecular formula is C13H13F3N4O. The van der Waals surface area contributed by atoms with E-state index in [4.69, 9.17) is 5.73 Å². The lowest BCUT2D eigenvalue weighted by Crippen LogP contribution is -2.18. The second-order valence-corrected chi connectivity index (χ2v) is 4.24. The molecule has 0 spiro atoms. The fourth-order valence-corrected chi connectivity index (χ4v) is 1.90. The highest BCUT2D eigenvalue weighted by molar-refractivity contribution is 5.76. The van der Waals surface area contributed by atoms with Crippen molar-refractivity contribution in [1.82, 2.24) is 9.97 Å². The van der Waals surface area contributed by atoms with Gasteiger partial charge < -0.3 is 16.0 Å². The summed E-state index contributed by atoms with van der Waals surface area (Å²) in [4.78, 5) is 17.2. The van der Waals surface area contributed by atoms with E-state index >= 15 is 0 Å². The van der Waals surface area contributed by atoms with Gasteiger partial charge >= 0.3 is 11.9 Å². The molecular weight excluding hydrogens is 285 g/mol. The minimum absolute atomic E-state index is 0.0383. The molecule has 0 amide bonds. The predicted molar refractivity (Wildman–Crippen MR) is 72.8 cm³/mol. The predicted octanol–water partition coefficient (Wildman–Crippen LogP) is 1.83. The molecule has 1 heterocycles. The van der Waals surface area contributed by atoms with Gasteiger partial charge in [-0.05, 0) is 6.07 Å². The van der Waals surface area contributed by atoms with E-state index in [0.717, 1.165) is 6.07 Å². The van der Waals surface area contributed by atoms with Crippen LogP contribution in [-0.4, -0.2) is 23.1 Å². The van der Waals surface area contributed by atoms with Crippen molar-refractivity contribution in [3.63, 3.8) is 0 Å². The lowest BCUT2D eigenvalue weighted by molar-refractivity contribution is -0.137. The third-order valence-corrected chi connectivity index (χ3v) is 2.77. The molecule has 0 unspecified atom stereocenters. The summed E-state index contributed by atoms with van der Waals surface area (Å²) < 4.78 is 39.2. The van der Waals surface area contributed by atoms with E-state index in [1.807, 2.05) is 0 Å². The highest BCUT2D eigenvalue weighted by Gasteiger charge is 2.34. The smallest absolute Gasteiger partial charge is 0.381 e. The second kappa shape index (κ2) is 5.96. The Morgan fingerprint density at radius 3 is 2.67 bits per heavy atom. The van der Waals surface area contributed by atoms with Crippen LogP contribution in [0, 0.1) is 0 Å². The molecule has 0 bridgehead atoms. The Kier molecular flexibility index (Phi) is 4.27. The van der Waals surface area contributed by atoms with Crippen molar-refractivity contribution in [3.05, 3.63) is 46.5 Å². The number of anilines is 1. The summed E-state index contributed by atoms with van der Waals surface area (Å²) in [5.74, 6) is 0. The van der Waals surface area contributed by atoms with Crippen molar-refractivity contribution in [3.8, 4) is 11.3 Å². The first-order valence-corrected chi connectivity index (χ1v) is 6.13. The average molecular weight is 298 g/mol. The van der Waals surface area contributed by atoms with Gasteiger partial charge in [0.25, 0.3) is 0 Å². The molecule has 0 saturated heterocycles. The Hall–Kier alpha value is -2.35. The Morgan fingerprint density at radius 1 is 1.29 bits per heavy atom. The molecule has 0 aliphatic heterocycles. The number of nitrogens with one attached hydrogen (secondary N) is 2. The van der Waals surface area contributed by atoms with E-state index in [0.29, 0.717) is 13.1 Å². The van der Waals surface area contributed by atoms with Crippen LogP contribution < -0.4 is 16.7 Å². The molecule has 0 atom stereocenters. The van der Waals surface area contributed by atoms with Crippen molar-refractivity contribution in [2.75, 3.05) is 18.4 Å². The normalized spacial score (nSPS) is 11.4. The maximum absolute atomic E-state index is 13.1. The zero-order valence-corrected chi connectivity index (χ0v) is 10.9. The number of alkyl halides is 3.